The Morgan fingerprint density at radius 1 is 1.03 bits per heavy atom. The molecule has 9 heteroatoms. The standard InChI is InChI=1S/C30H39FN2O6/c1-29(2)38-26-19-30(37-21-23-10-6-7-11-24(23)31,28(34)32-12-13-33-14-16-35-17-15-33)18-25(27(26)39-29)36-20-22-8-4-3-5-9-22/h3-11,25-27H,12-21H2,1-2H3,(H,32,34)/t25-,26+,27-,30+/m0/s1. The van der Waals surface area contributed by atoms with Gasteiger partial charge in [-0.3, -0.25) is 9.69 Å². The summed E-state index contributed by atoms with van der Waals surface area (Å²) in [5.41, 5.74) is 0.135. The van der Waals surface area contributed by atoms with Crippen molar-refractivity contribution in [2.24, 2.45) is 0 Å². The second kappa shape index (κ2) is 12.4. The molecule has 0 unspecified atom stereocenters. The van der Waals surface area contributed by atoms with Crippen LogP contribution >= 0.6 is 0 Å². The molecule has 0 aromatic heterocycles. The Balaban J connectivity index is 1.36. The summed E-state index contributed by atoms with van der Waals surface area (Å²) in [5.74, 6) is -1.43. The monoisotopic (exact) mass is 542 g/mol. The lowest BCUT2D eigenvalue weighted by molar-refractivity contribution is -0.183. The van der Waals surface area contributed by atoms with Gasteiger partial charge in [-0.25, -0.2) is 4.39 Å². The van der Waals surface area contributed by atoms with Crippen LogP contribution in [0, 0.1) is 5.82 Å². The van der Waals surface area contributed by atoms with Crippen molar-refractivity contribution in [2.75, 3.05) is 39.4 Å². The summed E-state index contributed by atoms with van der Waals surface area (Å²) in [4.78, 5) is 16.2. The second-order valence-corrected chi connectivity index (χ2v) is 11.0. The highest BCUT2D eigenvalue weighted by Crippen LogP contribution is 2.44. The van der Waals surface area contributed by atoms with Gasteiger partial charge in [-0.1, -0.05) is 48.5 Å². The molecule has 5 rings (SSSR count). The van der Waals surface area contributed by atoms with E-state index in [0.717, 1.165) is 18.7 Å². The molecule has 3 fully saturated rings. The molecule has 2 heterocycles. The molecule has 2 aliphatic heterocycles. The number of ether oxygens (including phenoxy) is 5. The van der Waals surface area contributed by atoms with Crippen molar-refractivity contribution in [3.05, 3.63) is 71.5 Å². The molecule has 0 bridgehead atoms. The van der Waals surface area contributed by atoms with Crippen molar-refractivity contribution >= 4 is 5.91 Å². The van der Waals surface area contributed by atoms with E-state index in [4.69, 9.17) is 23.7 Å². The molecule has 2 saturated heterocycles. The van der Waals surface area contributed by atoms with Gasteiger partial charge in [-0.2, -0.15) is 0 Å². The van der Waals surface area contributed by atoms with Crippen molar-refractivity contribution in [3.8, 4) is 0 Å². The van der Waals surface area contributed by atoms with Gasteiger partial charge < -0.3 is 29.0 Å². The van der Waals surface area contributed by atoms with Crippen molar-refractivity contribution in [1.29, 1.82) is 0 Å². The van der Waals surface area contributed by atoms with Crippen LogP contribution in [-0.4, -0.2) is 79.9 Å². The molecular formula is C30H39FN2O6. The third-order valence-electron chi connectivity index (χ3n) is 7.65. The predicted molar refractivity (Wildman–Crippen MR) is 142 cm³/mol. The zero-order valence-corrected chi connectivity index (χ0v) is 22.8. The largest absolute Gasteiger partial charge is 0.379 e. The molecule has 8 nitrogen and oxygen atoms in total. The first-order chi connectivity index (χ1) is 18.8. The van der Waals surface area contributed by atoms with Gasteiger partial charge in [0.2, 0.25) is 0 Å². The molecule has 2 aromatic rings. The molecule has 39 heavy (non-hydrogen) atoms. The average Bonchev–Trinajstić information content (AvgIpc) is 3.26. The Kier molecular flexibility index (Phi) is 8.96. The Morgan fingerprint density at radius 2 is 1.77 bits per heavy atom. The van der Waals surface area contributed by atoms with E-state index in [1.165, 1.54) is 6.07 Å². The van der Waals surface area contributed by atoms with E-state index in [2.05, 4.69) is 10.2 Å². The minimum absolute atomic E-state index is 0.0450. The average molecular weight is 543 g/mol. The number of morpholine rings is 1. The zero-order chi connectivity index (χ0) is 27.3. The van der Waals surface area contributed by atoms with Gasteiger partial charge in [-0.05, 0) is 25.5 Å². The molecule has 1 saturated carbocycles. The van der Waals surface area contributed by atoms with Gasteiger partial charge in [-0.15, -0.1) is 0 Å². The number of rotatable bonds is 10. The van der Waals surface area contributed by atoms with Crippen molar-refractivity contribution < 1.29 is 32.9 Å². The van der Waals surface area contributed by atoms with Crippen LogP contribution in [0.4, 0.5) is 4.39 Å². The Hall–Kier alpha value is -2.40. The number of nitrogens with one attached hydrogen (secondary N) is 1. The highest BCUT2D eigenvalue weighted by atomic mass is 19.1. The van der Waals surface area contributed by atoms with Gasteiger partial charge >= 0.3 is 0 Å². The first-order valence-electron chi connectivity index (χ1n) is 13.8. The van der Waals surface area contributed by atoms with Gasteiger partial charge in [0.1, 0.15) is 11.9 Å². The maximum atomic E-state index is 14.5. The van der Waals surface area contributed by atoms with E-state index in [9.17, 15) is 9.18 Å². The lowest BCUT2D eigenvalue weighted by Gasteiger charge is -2.43. The summed E-state index contributed by atoms with van der Waals surface area (Å²) < 4.78 is 45.2. The van der Waals surface area contributed by atoms with E-state index in [-0.39, 0.29) is 37.3 Å². The minimum atomic E-state index is -1.28. The summed E-state index contributed by atoms with van der Waals surface area (Å²) in [6.07, 6.45) is -0.686. The van der Waals surface area contributed by atoms with Crippen LogP contribution in [0.2, 0.25) is 0 Å². The van der Waals surface area contributed by atoms with Gasteiger partial charge in [0.25, 0.3) is 5.91 Å². The molecule has 4 atom stereocenters. The van der Waals surface area contributed by atoms with Crippen LogP contribution < -0.4 is 5.32 Å². The van der Waals surface area contributed by atoms with Crippen LogP contribution in [-0.2, 0) is 41.7 Å². The number of benzene rings is 2. The fourth-order valence-electron chi connectivity index (χ4n) is 5.63. The molecule has 2 aromatic carbocycles. The number of hydrogen-bond acceptors (Lipinski definition) is 7. The number of hydrogen-bond donors (Lipinski definition) is 1. The van der Waals surface area contributed by atoms with Crippen molar-refractivity contribution in [3.63, 3.8) is 0 Å². The van der Waals surface area contributed by atoms with Crippen molar-refractivity contribution in [2.45, 2.75) is 69.6 Å². The Labute approximate surface area is 229 Å². The summed E-state index contributed by atoms with van der Waals surface area (Å²) in [5, 5.41) is 3.09. The van der Waals surface area contributed by atoms with E-state index in [0.29, 0.717) is 38.5 Å². The van der Waals surface area contributed by atoms with Crippen LogP contribution in [0.1, 0.15) is 37.8 Å². The number of halogens is 1. The fraction of sp³-hybridized carbons (Fsp3) is 0.567. The number of fused-ring (bicyclic) bond motifs is 1. The predicted octanol–water partition coefficient (Wildman–Crippen LogP) is 3.43. The number of amides is 1. The lowest BCUT2D eigenvalue weighted by atomic mass is 9.78. The third-order valence-corrected chi connectivity index (χ3v) is 7.65. The first kappa shape index (κ1) is 28.1. The van der Waals surface area contributed by atoms with Gasteiger partial charge in [0.05, 0.1) is 38.6 Å². The summed E-state index contributed by atoms with van der Waals surface area (Å²) in [6, 6.07) is 16.3. The fourth-order valence-corrected chi connectivity index (χ4v) is 5.63. The molecule has 212 valence electrons. The number of carbonyl (C=O) groups is 1. The van der Waals surface area contributed by atoms with E-state index < -0.39 is 23.6 Å². The molecular weight excluding hydrogens is 503 g/mol. The molecule has 1 amide bonds. The molecule has 3 aliphatic rings. The Morgan fingerprint density at radius 3 is 2.54 bits per heavy atom. The van der Waals surface area contributed by atoms with Crippen LogP contribution in [0.3, 0.4) is 0 Å². The van der Waals surface area contributed by atoms with Gasteiger partial charge in [0.15, 0.2) is 11.4 Å². The van der Waals surface area contributed by atoms with Crippen LogP contribution in [0.25, 0.3) is 0 Å². The highest BCUT2D eigenvalue weighted by molar-refractivity contribution is 5.85. The summed E-state index contributed by atoms with van der Waals surface area (Å²) in [7, 11) is 0. The summed E-state index contributed by atoms with van der Waals surface area (Å²) >= 11 is 0. The minimum Gasteiger partial charge on any atom is -0.379 e. The number of carbonyl (C=O) groups excluding carboxylic acids is 1. The quantitative estimate of drug-likeness (QED) is 0.493. The maximum Gasteiger partial charge on any atom is 0.252 e. The van der Waals surface area contributed by atoms with E-state index in [1.54, 1.807) is 18.2 Å². The molecule has 0 spiro atoms. The smallest absolute Gasteiger partial charge is 0.252 e. The van der Waals surface area contributed by atoms with Crippen LogP contribution in [0.15, 0.2) is 54.6 Å². The zero-order valence-electron chi connectivity index (χ0n) is 22.8. The normalized spacial score (nSPS) is 28.6. The van der Waals surface area contributed by atoms with Crippen molar-refractivity contribution in [1.82, 2.24) is 10.2 Å². The molecule has 1 aliphatic carbocycles. The molecule has 0 radical (unpaired) electrons. The Bertz CT molecular complexity index is 1100. The lowest BCUT2D eigenvalue weighted by Crippen LogP contribution is -2.60. The summed E-state index contributed by atoms with van der Waals surface area (Å²) in [6.45, 7) is 8.29. The SMILES string of the molecule is CC1(C)O[C@H]2[C@@H](OCc3ccccc3)C[C@](OCc3ccccc3F)(C(=O)NCCN3CCOCC3)C[C@H]2O1. The topological polar surface area (TPSA) is 78.5 Å². The first-order valence-corrected chi connectivity index (χ1v) is 13.8. The molecule has 1 N–H and O–H groups in total. The second-order valence-electron chi connectivity index (χ2n) is 11.0. The van der Waals surface area contributed by atoms with Crippen LogP contribution in [0.5, 0.6) is 0 Å². The van der Waals surface area contributed by atoms with E-state index in [1.807, 2.05) is 44.2 Å². The maximum absolute atomic E-state index is 14.5. The van der Waals surface area contributed by atoms with E-state index >= 15 is 0 Å². The van der Waals surface area contributed by atoms with Gasteiger partial charge in [0, 0.05) is 44.6 Å². The third kappa shape index (κ3) is 7.03. The highest BCUT2D eigenvalue weighted by Gasteiger charge is 2.58. The number of nitrogens with zero attached hydrogens (tertiary/aromatic N) is 1.